The molecule has 1 saturated heterocycles. The first kappa shape index (κ1) is 12.5. The Kier molecular flexibility index (Phi) is 5.05. The lowest BCUT2D eigenvalue weighted by atomic mass is 10.1. The molecule has 1 fully saturated rings. The van der Waals surface area contributed by atoms with Gasteiger partial charge < -0.3 is 11.1 Å². The molecule has 1 atom stereocenters. The standard InChI is InChI=1S/C11H23N3O/c1-9(2)6-14(8-11(12)15)7-10-4-3-5-13-10/h9-10,13H,3-8H2,1-2H3,(H2,12,15)/t10-/m1/s1. The fourth-order valence-electron chi connectivity index (χ4n) is 2.16. The van der Waals surface area contributed by atoms with Gasteiger partial charge in [-0.05, 0) is 25.3 Å². The van der Waals surface area contributed by atoms with Crippen molar-refractivity contribution in [1.29, 1.82) is 0 Å². The molecule has 1 rings (SSSR count). The average molecular weight is 213 g/mol. The molecule has 0 radical (unpaired) electrons. The monoisotopic (exact) mass is 213 g/mol. The molecule has 1 amide bonds. The fourth-order valence-corrected chi connectivity index (χ4v) is 2.16. The van der Waals surface area contributed by atoms with Gasteiger partial charge in [0, 0.05) is 19.1 Å². The molecule has 3 N–H and O–H groups in total. The number of nitrogens with zero attached hydrogens (tertiary/aromatic N) is 1. The zero-order valence-corrected chi connectivity index (χ0v) is 9.83. The van der Waals surface area contributed by atoms with E-state index in [4.69, 9.17) is 5.73 Å². The molecule has 4 nitrogen and oxygen atoms in total. The van der Waals surface area contributed by atoms with Crippen LogP contribution in [0, 0.1) is 5.92 Å². The van der Waals surface area contributed by atoms with Crippen LogP contribution in [0.2, 0.25) is 0 Å². The minimum Gasteiger partial charge on any atom is -0.369 e. The molecule has 15 heavy (non-hydrogen) atoms. The third kappa shape index (κ3) is 5.14. The Labute approximate surface area is 92.2 Å². The van der Waals surface area contributed by atoms with Crippen molar-refractivity contribution in [2.24, 2.45) is 11.7 Å². The summed E-state index contributed by atoms with van der Waals surface area (Å²) in [7, 11) is 0. The van der Waals surface area contributed by atoms with Crippen molar-refractivity contribution >= 4 is 5.91 Å². The molecule has 1 heterocycles. The highest BCUT2D eigenvalue weighted by molar-refractivity contribution is 5.75. The first-order chi connectivity index (χ1) is 7.08. The molecule has 1 aliphatic heterocycles. The number of carbonyl (C=O) groups excluding carboxylic acids is 1. The van der Waals surface area contributed by atoms with Gasteiger partial charge in [0.2, 0.25) is 5.91 Å². The van der Waals surface area contributed by atoms with Crippen molar-refractivity contribution in [3.8, 4) is 0 Å². The zero-order chi connectivity index (χ0) is 11.3. The van der Waals surface area contributed by atoms with Gasteiger partial charge in [-0.15, -0.1) is 0 Å². The second kappa shape index (κ2) is 6.08. The van der Waals surface area contributed by atoms with E-state index in [1.807, 2.05) is 0 Å². The Morgan fingerprint density at radius 1 is 1.60 bits per heavy atom. The molecule has 4 heteroatoms. The first-order valence-electron chi connectivity index (χ1n) is 5.82. The molecule has 0 unspecified atom stereocenters. The summed E-state index contributed by atoms with van der Waals surface area (Å²) in [4.78, 5) is 13.1. The van der Waals surface area contributed by atoms with Crippen LogP contribution in [0.15, 0.2) is 0 Å². The Morgan fingerprint density at radius 3 is 2.80 bits per heavy atom. The normalized spacial score (nSPS) is 21.5. The minimum absolute atomic E-state index is 0.228. The lowest BCUT2D eigenvalue weighted by molar-refractivity contribution is -0.119. The summed E-state index contributed by atoms with van der Waals surface area (Å²) in [5.41, 5.74) is 5.24. The number of primary amides is 1. The number of amides is 1. The maximum absolute atomic E-state index is 10.9. The summed E-state index contributed by atoms with van der Waals surface area (Å²) in [6.45, 7) is 7.71. The lowest BCUT2D eigenvalue weighted by Gasteiger charge is -2.25. The summed E-state index contributed by atoms with van der Waals surface area (Å²) >= 11 is 0. The van der Waals surface area contributed by atoms with E-state index in [2.05, 4.69) is 24.1 Å². The Bertz CT molecular complexity index is 200. The van der Waals surface area contributed by atoms with Gasteiger partial charge in [0.1, 0.15) is 0 Å². The summed E-state index contributed by atoms with van der Waals surface area (Å²) < 4.78 is 0. The van der Waals surface area contributed by atoms with Gasteiger partial charge in [0.15, 0.2) is 0 Å². The molecule has 0 aromatic heterocycles. The third-order valence-electron chi connectivity index (χ3n) is 2.64. The van der Waals surface area contributed by atoms with E-state index in [1.54, 1.807) is 0 Å². The first-order valence-corrected chi connectivity index (χ1v) is 5.82. The van der Waals surface area contributed by atoms with E-state index in [0.29, 0.717) is 18.5 Å². The van der Waals surface area contributed by atoms with E-state index in [-0.39, 0.29) is 5.91 Å². The number of nitrogens with two attached hydrogens (primary N) is 1. The molecule has 88 valence electrons. The summed E-state index contributed by atoms with van der Waals surface area (Å²) in [6.07, 6.45) is 2.46. The van der Waals surface area contributed by atoms with Gasteiger partial charge in [-0.3, -0.25) is 9.69 Å². The topological polar surface area (TPSA) is 58.4 Å². The minimum atomic E-state index is -0.228. The van der Waals surface area contributed by atoms with E-state index < -0.39 is 0 Å². The molecule has 0 saturated carbocycles. The summed E-state index contributed by atoms with van der Waals surface area (Å²) in [5.74, 6) is 0.347. The largest absolute Gasteiger partial charge is 0.369 e. The molecular formula is C11H23N3O. The van der Waals surface area contributed by atoms with E-state index in [9.17, 15) is 4.79 Å². The second-order valence-electron chi connectivity index (χ2n) is 4.85. The van der Waals surface area contributed by atoms with Crippen LogP contribution in [0.3, 0.4) is 0 Å². The Hall–Kier alpha value is -0.610. The van der Waals surface area contributed by atoms with Crippen molar-refractivity contribution in [3.05, 3.63) is 0 Å². The van der Waals surface area contributed by atoms with Gasteiger partial charge >= 0.3 is 0 Å². The van der Waals surface area contributed by atoms with Crippen LogP contribution in [0.4, 0.5) is 0 Å². The molecular weight excluding hydrogens is 190 g/mol. The molecule has 0 spiro atoms. The lowest BCUT2D eigenvalue weighted by Crippen LogP contribution is -2.43. The highest BCUT2D eigenvalue weighted by Crippen LogP contribution is 2.08. The second-order valence-corrected chi connectivity index (χ2v) is 4.85. The van der Waals surface area contributed by atoms with Crippen LogP contribution in [0.5, 0.6) is 0 Å². The molecule has 0 bridgehead atoms. The van der Waals surface area contributed by atoms with Gasteiger partial charge in [-0.1, -0.05) is 13.8 Å². The smallest absolute Gasteiger partial charge is 0.231 e. The van der Waals surface area contributed by atoms with Crippen LogP contribution in [-0.4, -0.2) is 43.0 Å². The number of hydrogen-bond acceptors (Lipinski definition) is 3. The molecule has 0 aromatic carbocycles. The van der Waals surface area contributed by atoms with Crippen molar-refractivity contribution in [2.45, 2.75) is 32.7 Å². The summed E-state index contributed by atoms with van der Waals surface area (Å²) in [6, 6.07) is 0.545. The molecule has 0 aromatic rings. The van der Waals surface area contributed by atoms with Gasteiger partial charge in [-0.2, -0.15) is 0 Å². The van der Waals surface area contributed by atoms with E-state index in [0.717, 1.165) is 19.6 Å². The quantitative estimate of drug-likeness (QED) is 0.662. The Balaban J connectivity index is 2.36. The highest BCUT2D eigenvalue weighted by atomic mass is 16.1. The van der Waals surface area contributed by atoms with Gasteiger partial charge in [0.25, 0.3) is 0 Å². The predicted octanol–water partition coefficient (Wildman–Crippen LogP) is 0.182. The number of carbonyl (C=O) groups is 1. The van der Waals surface area contributed by atoms with Crippen molar-refractivity contribution < 1.29 is 4.79 Å². The fraction of sp³-hybridized carbons (Fsp3) is 0.909. The van der Waals surface area contributed by atoms with Crippen LogP contribution in [0.1, 0.15) is 26.7 Å². The SMILES string of the molecule is CC(C)CN(CC(N)=O)C[C@H]1CCCN1. The van der Waals surface area contributed by atoms with Crippen LogP contribution < -0.4 is 11.1 Å². The van der Waals surface area contributed by atoms with Gasteiger partial charge in [0.05, 0.1) is 6.54 Å². The maximum Gasteiger partial charge on any atom is 0.231 e. The Morgan fingerprint density at radius 2 is 2.33 bits per heavy atom. The van der Waals surface area contributed by atoms with Crippen molar-refractivity contribution in [2.75, 3.05) is 26.2 Å². The number of nitrogens with one attached hydrogen (secondary N) is 1. The van der Waals surface area contributed by atoms with Crippen LogP contribution in [0.25, 0.3) is 0 Å². The van der Waals surface area contributed by atoms with Gasteiger partial charge in [-0.25, -0.2) is 0 Å². The zero-order valence-electron chi connectivity index (χ0n) is 9.83. The molecule has 0 aliphatic carbocycles. The van der Waals surface area contributed by atoms with Crippen molar-refractivity contribution in [1.82, 2.24) is 10.2 Å². The maximum atomic E-state index is 10.9. The van der Waals surface area contributed by atoms with Crippen molar-refractivity contribution in [3.63, 3.8) is 0 Å². The number of hydrogen-bond donors (Lipinski definition) is 2. The van der Waals surface area contributed by atoms with E-state index >= 15 is 0 Å². The van der Waals surface area contributed by atoms with Crippen LogP contribution >= 0.6 is 0 Å². The molecule has 1 aliphatic rings. The summed E-state index contributed by atoms with van der Waals surface area (Å²) in [5, 5.41) is 3.44. The van der Waals surface area contributed by atoms with E-state index in [1.165, 1.54) is 12.8 Å². The van der Waals surface area contributed by atoms with Crippen LogP contribution in [-0.2, 0) is 4.79 Å². The third-order valence-corrected chi connectivity index (χ3v) is 2.64. The number of rotatable bonds is 6. The average Bonchev–Trinajstić information content (AvgIpc) is 2.53. The highest BCUT2D eigenvalue weighted by Gasteiger charge is 2.19. The predicted molar refractivity (Wildman–Crippen MR) is 61.5 cm³/mol.